The van der Waals surface area contributed by atoms with E-state index in [1.165, 1.54) is 0 Å². The maximum Gasteiger partial charge on any atom is 0.361 e. The molecule has 0 radical (unpaired) electrons. The van der Waals surface area contributed by atoms with Gasteiger partial charge in [-0.25, -0.2) is 9.78 Å². The van der Waals surface area contributed by atoms with Crippen LogP contribution in [0.15, 0.2) is 41.2 Å². The molecule has 3 heterocycles. The minimum Gasteiger partial charge on any atom is -0.461 e. The number of carbonyl (C=O) groups is 1. The van der Waals surface area contributed by atoms with Crippen LogP contribution in [0.3, 0.4) is 0 Å². The molecule has 29 heavy (non-hydrogen) atoms. The lowest BCUT2D eigenvalue weighted by molar-refractivity contribution is 0.0520. The Labute approximate surface area is 165 Å². The molecular weight excluding hydrogens is 374 g/mol. The van der Waals surface area contributed by atoms with Crippen molar-refractivity contribution in [1.82, 2.24) is 35.1 Å². The van der Waals surface area contributed by atoms with Gasteiger partial charge in [0.05, 0.1) is 6.61 Å². The van der Waals surface area contributed by atoms with Crippen LogP contribution in [0, 0.1) is 0 Å². The molecule has 0 unspecified atom stereocenters. The maximum absolute atomic E-state index is 12.1. The van der Waals surface area contributed by atoms with Crippen LogP contribution in [0.1, 0.15) is 36.1 Å². The molecular formula is C19H19N7O3. The van der Waals surface area contributed by atoms with Crippen molar-refractivity contribution in [3.8, 4) is 22.6 Å². The van der Waals surface area contributed by atoms with E-state index in [9.17, 15) is 4.79 Å². The Morgan fingerprint density at radius 1 is 1.24 bits per heavy atom. The summed E-state index contributed by atoms with van der Waals surface area (Å²) in [4.78, 5) is 20.8. The summed E-state index contributed by atoms with van der Waals surface area (Å²) in [6, 6.07) is 7.33. The van der Waals surface area contributed by atoms with Crippen molar-refractivity contribution < 1.29 is 14.1 Å². The molecule has 0 saturated carbocycles. The second kappa shape index (κ2) is 8.05. The van der Waals surface area contributed by atoms with Gasteiger partial charge in [0.2, 0.25) is 11.7 Å². The van der Waals surface area contributed by atoms with Crippen LogP contribution < -0.4 is 0 Å². The molecule has 0 aliphatic heterocycles. The summed E-state index contributed by atoms with van der Waals surface area (Å²) in [6.45, 7) is 4.48. The first kappa shape index (κ1) is 18.5. The van der Waals surface area contributed by atoms with Crippen molar-refractivity contribution in [2.45, 2.75) is 26.8 Å². The third kappa shape index (κ3) is 3.77. The third-order valence-corrected chi connectivity index (χ3v) is 4.30. The summed E-state index contributed by atoms with van der Waals surface area (Å²) in [5.41, 5.74) is 1.95. The second-order valence-corrected chi connectivity index (χ2v) is 6.16. The number of H-pyrrole nitrogens is 1. The molecule has 3 aromatic heterocycles. The number of hydrogen-bond acceptors (Lipinski definition) is 8. The van der Waals surface area contributed by atoms with E-state index in [0.29, 0.717) is 29.5 Å². The molecule has 0 fully saturated rings. The van der Waals surface area contributed by atoms with Gasteiger partial charge in [0.15, 0.2) is 5.69 Å². The molecule has 0 aliphatic carbocycles. The average molecular weight is 393 g/mol. The van der Waals surface area contributed by atoms with Gasteiger partial charge < -0.3 is 13.8 Å². The van der Waals surface area contributed by atoms with Gasteiger partial charge in [-0.15, -0.1) is 5.10 Å². The monoisotopic (exact) mass is 393 g/mol. The summed E-state index contributed by atoms with van der Waals surface area (Å²) in [5, 5.41) is 14.5. The molecule has 4 rings (SSSR count). The lowest BCUT2D eigenvalue weighted by atomic mass is 10.1. The number of nitrogens with one attached hydrogen (secondary N) is 1. The molecule has 148 valence electrons. The molecule has 1 N–H and O–H groups in total. The summed E-state index contributed by atoms with van der Waals surface area (Å²) in [6.07, 6.45) is 4.44. The molecule has 1 aromatic carbocycles. The molecule has 4 aromatic rings. The fourth-order valence-electron chi connectivity index (χ4n) is 2.96. The van der Waals surface area contributed by atoms with Crippen molar-refractivity contribution >= 4 is 5.97 Å². The van der Waals surface area contributed by atoms with Crippen molar-refractivity contribution in [1.29, 1.82) is 0 Å². The second-order valence-electron chi connectivity index (χ2n) is 6.16. The third-order valence-electron chi connectivity index (χ3n) is 4.30. The lowest BCUT2D eigenvalue weighted by Gasteiger charge is -2.03. The highest BCUT2D eigenvalue weighted by Crippen LogP contribution is 2.25. The van der Waals surface area contributed by atoms with Gasteiger partial charge in [0, 0.05) is 29.9 Å². The quantitative estimate of drug-likeness (QED) is 0.475. The van der Waals surface area contributed by atoms with Crippen LogP contribution >= 0.6 is 0 Å². The number of hydrogen-bond donors (Lipinski definition) is 1. The lowest BCUT2D eigenvalue weighted by Crippen LogP contribution is -2.06. The van der Waals surface area contributed by atoms with Gasteiger partial charge in [-0.05, 0) is 13.0 Å². The molecule has 0 aliphatic rings. The SMILES string of the molecule is CCOC(=O)c1n[nH]nc1-c1cccc(-c2noc(Cn3ccnc3CC)n2)c1. The highest BCUT2D eigenvalue weighted by atomic mass is 16.5. The number of benzene rings is 1. The maximum atomic E-state index is 12.1. The first-order valence-corrected chi connectivity index (χ1v) is 9.20. The van der Waals surface area contributed by atoms with Crippen molar-refractivity contribution in [2.75, 3.05) is 6.61 Å². The van der Waals surface area contributed by atoms with E-state index in [-0.39, 0.29) is 12.3 Å². The number of aryl methyl sites for hydroxylation is 1. The smallest absolute Gasteiger partial charge is 0.361 e. The Morgan fingerprint density at radius 3 is 2.93 bits per heavy atom. The zero-order chi connectivity index (χ0) is 20.2. The molecule has 0 spiro atoms. The van der Waals surface area contributed by atoms with Crippen LogP contribution in [0.2, 0.25) is 0 Å². The summed E-state index contributed by atoms with van der Waals surface area (Å²) < 4.78 is 12.4. The zero-order valence-electron chi connectivity index (χ0n) is 16.0. The van der Waals surface area contributed by atoms with Crippen LogP contribution in [-0.4, -0.2) is 47.7 Å². The molecule has 10 nitrogen and oxygen atoms in total. The Hall–Kier alpha value is -3.82. The standard InChI is InChI=1S/C19H19N7O3/c1-3-14-20-8-9-26(14)11-15-21-18(24-29-15)13-7-5-6-12(10-13)16-17(23-25-22-16)19(27)28-4-2/h5-10H,3-4,11H2,1-2H3,(H,22,23,25). The molecule has 0 saturated heterocycles. The zero-order valence-corrected chi connectivity index (χ0v) is 16.0. The fraction of sp³-hybridized carbons (Fsp3) is 0.263. The first-order chi connectivity index (χ1) is 14.2. The van der Waals surface area contributed by atoms with Crippen molar-refractivity contribution in [3.05, 3.63) is 54.1 Å². The van der Waals surface area contributed by atoms with Crippen LogP contribution in [0.25, 0.3) is 22.6 Å². The van der Waals surface area contributed by atoms with Gasteiger partial charge in [0.1, 0.15) is 18.1 Å². The summed E-state index contributed by atoms with van der Waals surface area (Å²) in [5.74, 6) is 1.34. The van der Waals surface area contributed by atoms with E-state index in [0.717, 1.165) is 17.8 Å². The van der Waals surface area contributed by atoms with Gasteiger partial charge >= 0.3 is 5.97 Å². The van der Waals surface area contributed by atoms with Gasteiger partial charge in [0.25, 0.3) is 0 Å². The first-order valence-electron chi connectivity index (χ1n) is 9.20. The number of aromatic amines is 1. The molecule has 0 amide bonds. The van der Waals surface area contributed by atoms with Crippen LogP contribution in [-0.2, 0) is 17.7 Å². The number of esters is 1. The summed E-state index contributed by atoms with van der Waals surface area (Å²) in [7, 11) is 0. The Bertz CT molecular complexity index is 1130. The highest BCUT2D eigenvalue weighted by Gasteiger charge is 2.20. The number of aromatic nitrogens is 7. The molecule has 0 atom stereocenters. The van der Waals surface area contributed by atoms with Crippen LogP contribution in [0.4, 0.5) is 0 Å². The van der Waals surface area contributed by atoms with E-state index >= 15 is 0 Å². The van der Waals surface area contributed by atoms with E-state index in [4.69, 9.17) is 9.26 Å². The number of rotatable bonds is 7. The normalized spacial score (nSPS) is 11.0. The molecule has 10 heteroatoms. The predicted octanol–water partition coefficient (Wildman–Crippen LogP) is 2.51. The minimum absolute atomic E-state index is 0.130. The number of imidazole rings is 1. The Morgan fingerprint density at radius 2 is 2.10 bits per heavy atom. The van der Waals surface area contributed by atoms with E-state index in [2.05, 4.69) is 30.5 Å². The Kier molecular flexibility index (Phi) is 5.14. The summed E-state index contributed by atoms with van der Waals surface area (Å²) >= 11 is 0. The largest absolute Gasteiger partial charge is 0.461 e. The topological polar surface area (TPSA) is 125 Å². The Balaban J connectivity index is 1.60. The fourth-order valence-corrected chi connectivity index (χ4v) is 2.96. The van der Waals surface area contributed by atoms with E-state index < -0.39 is 5.97 Å². The van der Waals surface area contributed by atoms with E-state index in [1.807, 2.05) is 42.0 Å². The number of carbonyl (C=O) groups excluding carboxylic acids is 1. The molecule has 0 bridgehead atoms. The van der Waals surface area contributed by atoms with Gasteiger partial charge in [-0.2, -0.15) is 15.3 Å². The van der Waals surface area contributed by atoms with Crippen molar-refractivity contribution in [2.24, 2.45) is 0 Å². The van der Waals surface area contributed by atoms with Gasteiger partial charge in [-0.1, -0.05) is 30.3 Å². The predicted molar refractivity (Wildman–Crippen MR) is 102 cm³/mol. The minimum atomic E-state index is -0.532. The van der Waals surface area contributed by atoms with Crippen molar-refractivity contribution in [3.63, 3.8) is 0 Å². The number of ether oxygens (including phenoxy) is 1. The average Bonchev–Trinajstić information content (AvgIpc) is 3.49. The number of nitrogens with zero attached hydrogens (tertiary/aromatic N) is 6. The van der Waals surface area contributed by atoms with E-state index in [1.54, 1.807) is 13.1 Å². The highest BCUT2D eigenvalue weighted by molar-refractivity contribution is 5.94. The van der Waals surface area contributed by atoms with Crippen LogP contribution in [0.5, 0.6) is 0 Å². The van der Waals surface area contributed by atoms with Gasteiger partial charge in [-0.3, -0.25) is 0 Å².